The van der Waals surface area contributed by atoms with E-state index >= 15 is 0 Å². The van der Waals surface area contributed by atoms with Crippen LogP contribution in [-0.4, -0.2) is 19.6 Å². The Balaban J connectivity index is 2.11. The minimum absolute atomic E-state index is 0.393. The summed E-state index contributed by atoms with van der Waals surface area (Å²) in [5.74, 6) is 0.429. The second-order valence-electron chi connectivity index (χ2n) is 3.69. The SMILES string of the molecule is COc1ccc(N2C=CC(C(N)=O)=CC2)cc1. The number of ether oxygens (including phenoxy) is 1. The van der Waals surface area contributed by atoms with Crippen LogP contribution in [0.1, 0.15) is 0 Å². The fourth-order valence-electron chi connectivity index (χ4n) is 1.64. The predicted octanol–water partition coefficient (Wildman–Crippen LogP) is 1.44. The van der Waals surface area contributed by atoms with E-state index in [9.17, 15) is 4.79 Å². The van der Waals surface area contributed by atoms with Crippen molar-refractivity contribution in [1.82, 2.24) is 0 Å². The van der Waals surface area contributed by atoms with Crippen molar-refractivity contribution >= 4 is 11.6 Å². The van der Waals surface area contributed by atoms with Crippen LogP contribution in [0, 0.1) is 0 Å². The van der Waals surface area contributed by atoms with Crippen molar-refractivity contribution in [1.29, 1.82) is 0 Å². The average Bonchev–Trinajstić information content (AvgIpc) is 2.39. The van der Waals surface area contributed by atoms with E-state index in [-0.39, 0.29) is 0 Å². The zero-order valence-corrected chi connectivity index (χ0v) is 9.59. The number of primary amides is 1. The van der Waals surface area contributed by atoms with Gasteiger partial charge in [-0.25, -0.2) is 0 Å². The van der Waals surface area contributed by atoms with Crippen LogP contribution in [0.3, 0.4) is 0 Å². The maximum atomic E-state index is 10.9. The van der Waals surface area contributed by atoms with Crippen molar-refractivity contribution in [3.05, 3.63) is 48.2 Å². The maximum absolute atomic E-state index is 10.9. The topological polar surface area (TPSA) is 55.6 Å². The lowest BCUT2D eigenvalue weighted by Crippen LogP contribution is -2.22. The van der Waals surface area contributed by atoms with Gasteiger partial charge in [0.15, 0.2) is 0 Å². The first-order valence-electron chi connectivity index (χ1n) is 5.29. The van der Waals surface area contributed by atoms with Gasteiger partial charge in [-0.3, -0.25) is 4.79 Å². The Morgan fingerprint density at radius 2 is 2.06 bits per heavy atom. The van der Waals surface area contributed by atoms with Crippen LogP contribution < -0.4 is 15.4 Å². The third kappa shape index (κ3) is 2.47. The number of carbonyl (C=O) groups is 1. The van der Waals surface area contributed by atoms with Gasteiger partial charge >= 0.3 is 0 Å². The molecule has 0 saturated carbocycles. The van der Waals surface area contributed by atoms with Gasteiger partial charge < -0.3 is 15.4 Å². The fraction of sp³-hybridized carbons (Fsp3) is 0.154. The summed E-state index contributed by atoms with van der Waals surface area (Å²) in [6, 6.07) is 7.73. The third-order valence-corrected chi connectivity index (χ3v) is 2.63. The van der Waals surface area contributed by atoms with Crippen LogP contribution in [0.25, 0.3) is 0 Å². The highest BCUT2D eigenvalue weighted by Crippen LogP contribution is 2.21. The first-order valence-corrected chi connectivity index (χ1v) is 5.29. The lowest BCUT2D eigenvalue weighted by molar-refractivity contribution is -0.114. The Hall–Kier alpha value is -2.23. The summed E-state index contributed by atoms with van der Waals surface area (Å²) in [5.41, 5.74) is 6.79. The van der Waals surface area contributed by atoms with Crippen molar-refractivity contribution in [2.24, 2.45) is 5.73 Å². The molecule has 0 radical (unpaired) electrons. The van der Waals surface area contributed by atoms with Gasteiger partial charge in [-0.15, -0.1) is 0 Å². The van der Waals surface area contributed by atoms with Crippen LogP contribution in [0.4, 0.5) is 5.69 Å². The van der Waals surface area contributed by atoms with Crippen molar-refractivity contribution in [2.45, 2.75) is 0 Å². The molecule has 0 fully saturated rings. The fourth-order valence-corrected chi connectivity index (χ4v) is 1.64. The van der Waals surface area contributed by atoms with Gasteiger partial charge in [-0.1, -0.05) is 6.08 Å². The smallest absolute Gasteiger partial charge is 0.248 e. The Labute approximate surface area is 100.0 Å². The molecule has 0 bridgehead atoms. The molecular weight excluding hydrogens is 216 g/mol. The molecule has 1 heterocycles. The zero-order chi connectivity index (χ0) is 12.3. The number of amides is 1. The van der Waals surface area contributed by atoms with Crippen LogP contribution in [0.5, 0.6) is 5.75 Å². The molecule has 0 aliphatic carbocycles. The van der Waals surface area contributed by atoms with Gasteiger partial charge in [-0.05, 0) is 30.3 Å². The van der Waals surface area contributed by atoms with Crippen LogP contribution in [-0.2, 0) is 4.79 Å². The summed E-state index contributed by atoms with van der Waals surface area (Å²) < 4.78 is 5.10. The number of rotatable bonds is 3. The number of anilines is 1. The summed E-state index contributed by atoms with van der Waals surface area (Å²) in [7, 11) is 1.64. The number of benzene rings is 1. The molecule has 17 heavy (non-hydrogen) atoms. The highest BCUT2D eigenvalue weighted by Gasteiger charge is 2.09. The molecule has 1 aromatic rings. The van der Waals surface area contributed by atoms with E-state index in [0.717, 1.165) is 11.4 Å². The van der Waals surface area contributed by atoms with Gasteiger partial charge in [0.25, 0.3) is 0 Å². The van der Waals surface area contributed by atoms with E-state index in [4.69, 9.17) is 10.5 Å². The molecule has 2 N–H and O–H groups in total. The molecule has 0 saturated heterocycles. The lowest BCUT2D eigenvalue weighted by atomic mass is 10.1. The highest BCUT2D eigenvalue weighted by atomic mass is 16.5. The first kappa shape index (κ1) is 11.3. The van der Waals surface area contributed by atoms with Crippen molar-refractivity contribution in [3.8, 4) is 5.75 Å². The minimum Gasteiger partial charge on any atom is -0.497 e. The van der Waals surface area contributed by atoms with E-state index in [1.54, 1.807) is 13.2 Å². The molecule has 1 aliphatic heterocycles. The Morgan fingerprint density at radius 3 is 2.53 bits per heavy atom. The number of hydrogen-bond donors (Lipinski definition) is 1. The molecule has 2 rings (SSSR count). The highest BCUT2D eigenvalue weighted by molar-refractivity contribution is 5.95. The average molecular weight is 230 g/mol. The molecule has 4 nitrogen and oxygen atoms in total. The second kappa shape index (κ2) is 4.74. The van der Waals surface area contributed by atoms with E-state index in [0.29, 0.717) is 12.1 Å². The Kier molecular flexibility index (Phi) is 3.14. The molecule has 0 spiro atoms. The predicted molar refractivity (Wildman–Crippen MR) is 66.8 cm³/mol. The van der Waals surface area contributed by atoms with Crippen molar-refractivity contribution in [3.63, 3.8) is 0 Å². The molecule has 1 aliphatic rings. The van der Waals surface area contributed by atoms with Crippen molar-refractivity contribution in [2.75, 3.05) is 18.6 Å². The van der Waals surface area contributed by atoms with Gasteiger partial charge in [0.1, 0.15) is 5.75 Å². The molecule has 4 heteroatoms. The summed E-state index contributed by atoms with van der Waals surface area (Å²) in [6.07, 6.45) is 5.38. The van der Waals surface area contributed by atoms with Crippen LogP contribution in [0.2, 0.25) is 0 Å². The van der Waals surface area contributed by atoms with Gasteiger partial charge in [0.2, 0.25) is 5.91 Å². The minimum atomic E-state index is -0.393. The Bertz CT molecular complexity index is 475. The second-order valence-corrected chi connectivity index (χ2v) is 3.69. The molecule has 0 atom stereocenters. The standard InChI is InChI=1S/C13H14N2O2/c1-17-12-4-2-11(3-5-12)15-8-6-10(7-9-15)13(14)16/h2-8H,9H2,1H3,(H2,14,16). The number of hydrogen-bond acceptors (Lipinski definition) is 3. The largest absolute Gasteiger partial charge is 0.497 e. The summed E-state index contributed by atoms with van der Waals surface area (Å²) in [6.45, 7) is 0.640. The molecule has 0 aromatic heterocycles. The monoisotopic (exact) mass is 230 g/mol. The molecule has 1 amide bonds. The third-order valence-electron chi connectivity index (χ3n) is 2.63. The molecule has 88 valence electrons. The summed E-state index contributed by atoms with van der Waals surface area (Å²) >= 11 is 0. The van der Waals surface area contributed by atoms with E-state index in [2.05, 4.69) is 0 Å². The molecular formula is C13H14N2O2. The summed E-state index contributed by atoms with van der Waals surface area (Å²) in [4.78, 5) is 13.0. The molecule has 1 aromatic carbocycles. The van der Waals surface area contributed by atoms with Crippen LogP contribution >= 0.6 is 0 Å². The normalized spacial score (nSPS) is 14.4. The molecule has 0 unspecified atom stereocenters. The van der Waals surface area contributed by atoms with Crippen molar-refractivity contribution < 1.29 is 9.53 Å². The number of nitrogens with zero attached hydrogens (tertiary/aromatic N) is 1. The number of methoxy groups -OCH3 is 1. The van der Waals surface area contributed by atoms with E-state index in [1.165, 1.54) is 0 Å². The van der Waals surface area contributed by atoms with Gasteiger partial charge in [-0.2, -0.15) is 0 Å². The zero-order valence-electron chi connectivity index (χ0n) is 9.59. The van der Waals surface area contributed by atoms with Crippen LogP contribution in [0.15, 0.2) is 48.2 Å². The lowest BCUT2D eigenvalue weighted by Gasteiger charge is -2.22. The van der Waals surface area contributed by atoms with E-state index < -0.39 is 5.91 Å². The first-order chi connectivity index (χ1) is 8.20. The van der Waals surface area contributed by atoms with Gasteiger partial charge in [0.05, 0.1) is 7.11 Å². The Morgan fingerprint density at radius 1 is 1.35 bits per heavy atom. The maximum Gasteiger partial charge on any atom is 0.248 e. The van der Waals surface area contributed by atoms with Gasteiger partial charge in [0, 0.05) is 24.0 Å². The number of carbonyl (C=O) groups excluding carboxylic acids is 1. The number of nitrogens with two attached hydrogens (primary N) is 1. The summed E-state index contributed by atoms with van der Waals surface area (Å²) in [5, 5.41) is 0. The van der Waals surface area contributed by atoms with E-state index in [1.807, 2.05) is 41.4 Å². The quantitative estimate of drug-likeness (QED) is 0.854.